The fourth-order valence-electron chi connectivity index (χ4n) is 3.53. The topological polar surface area (TPSA) is 106 Å². The smallest absolute Gasteiger partial charge is 0.263 e. The molecule has 33 heavy (non-hydrogen) atoms. The molecule has 0 aliphatic rings. The number of hydrogen-bond donors (Lipinski definition) is 2. The maximum Gasteiger partial charge on any atom is 0.263 e. The van der Waals surface area contributed by atoms with E-state index < -0.39 is 16.1 Å². The molecule has 1 atom stereocenters. The van der Waals surface area contributed by atoms with Gasteiger partial charge in [0.1, 0.15) is 6.10 Å². The first-order valence-electron chi connectivity index (χ1n) is 9.91. The maximum absolute atomic E-state index is 12.6. The molecule has 9 heteroatoms. The molecule has 0 aliphatic heterocycles. The number of furan rings is 2. The molecule has 0 amide bonds. The average molecular weight is 479 g/mol. The Kier molecular flexibility index (Phi) is 5.59. The third-order valence-electron chi connectivity index (χ3n) is 5.19. The predicted octanol–water partition coefficient (Wildman–Crippen LogP) is 5.55. The van der Waals surface area contributed by atoms with E-state index in [1.54, 1.807) is 42.6 Å². The Bertz CT molecular complexity index is 1440. The number of aliphatic hydroxyl groups excluding tert-OH is 1. The number of anilines is 1. The Balaban J connectivity index is 1.47. The van der Waals surface area contributed by atoms with Gasteiger partial charge in [-0.1, -0.05) is 24.3 Å². The van der Waals surface area contributed by atoms with Gasteiger partial charge in [-0.15, -0.1) is 11.3 Å². The van der Waals surface area contributed by atoms with Crippen molar-refractivity contribution in [2.45, 2.75) is 11.0 Å². The fourth-order valence-corrected chi connectivity index (χ4v) is 5.32. The minimum Gasteiger partial charge on any atom is -0.472 e. The molecule has 3 heterocycles. The van der Waals surface area contributed by atoms with Crippen molar-refractivity contribution in [1.29, 1.82) is 0 Å². The molecule has 166 valence electrons. The fraction of sp³-hybridized carbons (Fsp3) is 0.0417. The van der Waals surface area contributed by atoms with Crippen LogP contribution in [0.2, 0.25) is 0 Å². The number of aliphatic hydroxyl groups is 1. The lowest BCUT2D eigenvalue weighted by atomic mass is 9.91. The third-order valence-corrected chi connectivity index (χ3v) is 7.37. The van der Waals surface area contributed by atoms with Crippen molar-refractivity contribution in [2.75, 3.05) is 4.72 Å². The predicted molar refractivity (Wildman–Crippen MR) is 125 cm³/mol. The average Bonchev–Trinajstić information content (AvgIpc) is 3.62. The summed E-state index contributed by atoms with van der Waals surface area (Å²) in [6.45, 7) is 0. The lowest BCUT2D eigenvalue weighted by molar-refractivity contribution is 0.221. The van der Waals surface area contributed by atoms with E-state index in [2.05, 4.69) is 9.71 Å². The molecule has 1 unspecified atom stereocenters. The van der Waals surface area contributed by atoms with Crippen LogP contribution in [-0.2, 0) is 10.0 Å². The van der Waals surface area contributed by atoms with Crippen molar-refractivity contribution in [2.24, 2.45) is 0 Å². The molecule has 2 aromatic carbocycles. The van der Waals surface area contributed by atoms with Gasteiger partial charge in [0, 0.05) is 22.7 Å². The molecule has 0 fully saturated rings. The highest BCUT2D eigenvalue weighted by Gasteiger charge is 2.20. The molecule has 0 saturated heterocycles. The zero-order chi connectivity index (χ0) is 22.8. The highest BCUT2D eigenvalue weighted by Crippen LogP contribution is 2.36. The van der Waals surface area contributed by atoms with Crippen LogP contribution in [0.25, 0.3) is 22.3 Å². The Morgan fingerprint density at radius 1 is 0.909 bits per heavy atom. The number of nitrogens with one attached hydrogen (secondary N) is 1. The van der Waals surface area contributed by atoms with Gasteiger partial charge in [0.05, 0.1) is 29.9 Å². The minimum atomic E-state index is -3.77. The summed E-state index contributed by atoms with van der Waals surface area (Å²) in [6.07, 6.45) is 7.00. The van der Waals surface area contributed by atoms with Crippen LogP contribution in [-0.4, -0.2) is 18.5 Å². The number of nitrogens with zero attached hydrogens (tertiary/aromatic N) is 1. The number of sulfonamides is 1. The van der Waals surface area contributed by atoms with Crippen LogP contribution in [0.5, 0.6) is 0 Å². The maximum atomic E-state index is 12.6. The van der Waals surface area contributed by atoms with E-state index in [9.17, 15) is 13.5 Å². The first-order chi connectivity index (χ1) is 16.0. The SMILES string of the molecule is O=S(=O)(Nc1nccs1)c1ccc(C(O)c2ccc(-c3ccoc3)cc2-c2ccoc2)cc1. The van der Waals surface area contributed by atoms with Crippen LogP contribution in [0.4, 0.5) is 5.13 Å². The van der Waals surface area contributed by atoms with E-state index in [-0.39, 0.29) is 4.90 Å². The second kappa shape index (κ2) is 8.70. The van der Waals surface area contributed by atoms with E-state index in [0.29, 0.717) is 16.3 Å². The summed E-state index contributed by atoms with van der Waals surface area (Å²) in [5.41, 5.74) is 4.70. The monoisotopic (exact) mass is 478 g/mol. The number of thiazole rings is 1. The Morgan fingerprint density at radius 2 is 1.64 bits per heavy atom. The zero-order valence-corrected chi connectivity index (χ0v) is 18.7. The normalized spacial score (nSPS) is 12.5. The second-order valence-electron chi connectivity index (χ2n) is 7.24. The lowest BCUT2D eigenvalue weighted by Crippen LogP contribution is -2.13. The van der Waals surface area contributed by atoms with Crippen LogP contribution in [0.3, 0.4) is 0 Å². The quantitative estimate of drug-likeness (QED) is 0.318. The lowest BCUT2D eigenvalue weighted by Gasteiger charge is -2.17. The molecular weight excluding hydrogens is 460 g/mol. The van der Waals surface area contributed by atoms with E-state index in [4.69, 9.17) is 8.83 Å². The van der Waals surface area contributed by atoms with Crippen molar-refractivity contribution in [1.82, 2.24) is 4.98 Å². The molecule has 0 saturated carbocycles. The number of hydrogen-bond acceptors (Lipinski definition) is 7. The van der Waals surface area contributed by atoms with Crippen molar-refractivity contribution in [3.63, 3.8) is 0 Å². The van der Waals surface area contributed by atoms with Gasteiger partial charge in [0.15, 0.2) is 5.13 Å². The van der Waals surface area contributed by atoms with Crippen LogP contribution in [0, 0.1) is 0 Å². The van der Waals surface area contributed by atoms with Gasteiger partial charge in [-0.05, 0) is 52.6 Å². The van der Waals surface area contributed by atoms with Crippen molar-refractivity contribution in [3.8, 4) is 22.3 Å². The zero-order valence-electron chi connectivity index (χ0n) is 17.1. The minimum absolute atomic E-state index is 0.0824. The molecule has 5 aromatic rings. The van der Waals surface area contributed by atoms with E-state index in [0.717, 1.165) is 22.3 Å². The summed E-state index contributed by atoms with van der Waals surface area (Å²) in [4.78, 5) is 4.03. The van der Waals surface area contributed by atoms with E-state index in [1.165, 1.54) is 29.7 Å². The molecule has 0 spiro atoms. The highest BCUT2D eigenvalue weighted by molar-refractivity contribution is 7.93. The van der Waals surface area contributed by atoms with Gasteiger partial charge in [0.2, 0.25) is 0 Å². The molecule has 0 radical (unpaired) electrons. The van der Waals surface area contributed by atoms with E-state index in [1.807, 2.05) is 30.3 Å². The van der Waals surface area contributed by atoms with Gasteiger partial charge >= 0.3 is 0 Å². The molecule has 3 aromatic heterocycles. The standard InChI is InChI=1S/C24H18N2O5S2/c27-23(16-1-4-20(5-2-16)33(28,29)26-24-25-9-12-32-24)21-6-3-17(18-7-10-30-14-18)13-22(21)19-8-11-31-15-19/h1-15,23,27H,(H,25,26). The Morgan fingerprint density at radius 3 is 2.27 bits per heavy atom. The summed E-state index contributed by atoms with van der Waals surface area (Å²) < 4.78 is 38.1. The van der Waals surface area contributed by atoms with Crippen molar-refractivity contribution in [3.05, 3.63) is 102 Å². The number of benzene rings is 2. The summed E-state index contributed by atoms with van der Waals surface area (Å²) in [7, 11) is -3.77. The molecule has 7 nitrogen and oxygen atoms in total. The second-order valence-corrected chi connectivity index (χ2v) is 9.82. The largest absolute Gasteiger partial charge is 0.472 e. The van der Waals surface area contributed by atoms with Gasteiger partial charge in [-0.25, -0.2) is 13.4 Å². The summed E-state index contributed by atoms with van der Waals surface area (Å²) in [5.74, 6) is 0. The number of aromatic nitrogens is 1. The Labute approximate surface area is 194 Å². The molecule has 5 rings (SSSR count). The summed E-state index contributed by atoms with van der Waals surface area (Å²) in [6, 6.07) is 15.5. The van der Waals surface area contributed by atoms with Crippen LogP contribution >= 0.6 is 11.3 Å². The van der Waals surface area contributed by atoms with Gasteiger partial charge < -0.3 is 13.9 Å². The van der Waals surface area contributed by atoms with Crippen molar-refractivity contribution >= 4 is 26.5 Å². The van der Waals surface area contributed by atoms with Gasteiger partial charge in [-0.3, -0.25) is 4.72 Å². The van der Waals surface area contributed by atoms with Crippen LogP contribution in [0.15, 0.2) is 105 Å². The summed E-state index contributed by atoms with van der Waals surface area (Å²) in [5, 5.41) is 13.2. The molecule has 0 bridgehead atoms. The van der Waals surface area contributed by atoms with E-state index >= 15 is 0 Å². The van der Waals surface area contributed by atoms with Crippen LogP contribution in [0.1, 0.15) is 17.2 Å². The third kappa shape index (κ3) is 4.34. The Hall–Kier alpha value is -3.66. The molecule has 0 aliphatic carbocycles. The summed E-state index contributed by atoms with van der Waals surface area (Å²) >= 11 is 1.20. The van der Waals surface area contributed by atoms with Gasteiger partial charge in [0.25, 0.3) is 10.0 Å². The van der Waals surface area contributed by atoms with Gasteiger partial charge in [-0.2, -0.15) is 0 Å². The first kappa shape index (κ1) is 21.2. The van der Waals surface area contributed by atoms with Crippen molar-refractivity contribution < 1.29 is 22.4 Å². The number of rotatable bonds is 7. The molecule has 2 N–H and O–H groups in total. The first-order valence-corrected chi connectivity index (χ1v) is 12.3. The molecular formula is C24H18N2O5S2. The van der Waals surface area contributed by atoms with Crippen LogP contribution < -0.4 is 4.72 Å². The highest BCUT2D eigenvalue weighted by atomic mass is 32.2.